The molecule has 1 aromatic heterocycles. The summed E-state index contributed by atoms with van der Waals surface area (Å²) in [4.78, 5) is 22.1. The van der Waals surface area contributed by atoms with Gasteiger partial charge in [0, 0.05) is 19.0 Å². The molecule has 1 saturated heterocycles. The summed E-state index contributed by atoms with van der Waals surface area (Å²) in [6, 6.07) is 12.8. The summed E-state index contributed by atoms with van der Waals surface area (Å²) >= 11 is 0. The molecule has 0 bridgehead atoms. The van der Waals surface area contributed by atoms with Gasteiger partial charge in [-0.2, -0.15) is 0 Å². The summed E-state index contributed by atoms with van der Waals surface area (Å²) in [5.41, 5.74) is 2.87. The van der Waals surface area contributed by atoms with Crippen molar-refractivity contribution in [2.75, 3.05) is 18.0 Å². The fraction of sp³-hybridized carbons (Fsp3) is 0.300. The highest BCUT2D eigenvalue weighted by atomic mass is 19.1. The van der Waals surface area contributed by atoms with Crippen LogP contribution in [0.4, 0.5) is 10.1 Å². The highest BCUT2D eigenvalue weighted by Gasteiger charge is 2.27. The van der Waals surface area contributed by atoms with E-state index in [-0.39, 0.29) is 17.3 Å². The van der Waals surface area contributed by atoms with Crippen LogP contribution in [0, 0.1) is 5.82 Å². The van der Waals surface area contributed by atoms with E-state index in [4.69, 9.17) is 4.98 Å². The van der Waals surface area contributed by atoms with E-state index >= 15 is 0 Å². The molecule has 0 saturated carbocycles. The maximum atomic E-state index is 14.1. The SMILES string of the molecule is CC(=O)c1c(F)cccc1N1CCC[C@@H](c2nc3ccccc3[nH]2)C1. The molecule has 2 aromatic carbocycles. The largest absolute Gasteiger partial charge is 0.370 e. The second kappa shape index (κ2) is 6.31. The Kier molecular flexibility index (Phi) is 3.99. The number of piperidine rings is 1. The molecular formula is C20H20FN3O. The molecule has 5 heteroatoms. The number of Topliss-reactive ketones (excluding diaryl/α,β-unsaturated/α-hetero) is 1. The van der Waals surface area contributed by atoms with Crippen molar-refractivity contribution in [3.8, 4) is 0 Å². The predicted molar refractivity (Wildman–Crippen MR) is 96.7 cm³/mol. The lowest BCUT2D eigenvalue weighted by atomic mass is 9.95. The number of aromatic nitrogens is 2. The topological polar surface area (TPSA) is 49.0 Å². The maximum absolute atomic E-state index is 14.1. The van der Waals surface area contributed by atoms with Gasteiger partial charge < -0.3 is 9.88 Å². The van der Waals surface area contributed by atoms with E-state index in [1.807, 2.05) is 30.3 Å². The van der Waals surface area contributed by atoms with E-state index in [0.29, 0.717) is 5.69 Å². The van der Waals surface area contributed by atoms with Crippen molar-refractivity contribution in [1.82, 2.24) is 9.97 Å². The number of rotatable bonds is 3. The first-order chi connectivity index (χ1) is 12.1. The number of H-pyrrole nitrogens is 1. The summed E-state index contributed by atoms with van der Waals surface area (Å²) < 4.78 is 14.1. The minimum Gasteiger partial charge on any atom is -0.370 e. The molecule has 4 rings (SSSR count). The number of halogens is 1. The molecule has 4 nitrogen and oxygen atoms in total. The second-order valence-electron chi connectivity index (χ2n) is 6.61. The number of imidazole rings is 1. The van der Waals surface area contributed by atoms with Crippen molar-refractivity contribution >= 4 is 22.5 Å². The lowest BCUT2D eigenvalue weighted by molar-refractivity contribution is 0.101. The molecule has 1 fully saturated rings. The van der Waals surface area contributed by atoms with Gasteiger partial charge in [-0.3, -0.25) is 4.79 Å². The van der Waals surface area contributed by atoms with Gasteiger partial charge in [0.25, 0.3) is 0 Å². The summed E-state index contributed by atoms with van der Waals surface area (Å²) in [7, 11) is 0. The molecule has 0 spiro atoms. The predicted octanol–water partition coefficient (Wildman–Crippen LogP) is 4.29. The first-order valence-corrected chi connectivity index (χ1v) is 8.62. The summed E-state index contributed by atoms with van der Waals surface area (Å²) in [6.45, 7) is 2.96. The van der Waals surface area contributed by atoms with Gasteiger partial charge >= 0.3 is 0 Å². The van der Waals surface area contributed by atoms with Crippen molar-refractivity contribution in [2.45, 2.75) is 25.7 Å². The van der Waals surface area contributed by atoms with Crippen LogP contribution in [0.15, 0.2) is 42.5 Å². The summed E-state index contributed by atoms with van der Waals surface area (Å²) in [6.07, 6.45) is 2.01. The Hall–Kier alpha value is -2.69. The Balaban J connectivity index is 1.65. The number of nitrogens with one attached hydrogen (secondary N) is 1. The molecule has 1 atom stereocenters. The van der Waals surface area contributed by atoms with Crippen LogP contribution in [0.2, 0.25) is 0 Å². The summed E-state index contributed by atoms with van der Waals surface area (Å²) in [5.74, 6) is 0.519. The van der Waals surface area contributed by atoms with E-state index < -0.39 is 5.82 Å². The van der Waals surface area contributed by atoms with Gasteiger partial charge in [0.1, 0.15) is 11.6 Å². The third kappa shape index (κ3) is 2.90. The molecule has 0 unspecified atom stereocenters. The van der Waals surface area contributed by atoms with Gasteiger partial charge in [-0.05, 0) is 44.0 Å². The zero-order valence-electron chi connectivity index (χ0n) is 14.1. The molecule has 2 heterocycles. The first kappa shape index (κ1) is 15.8. The molecule has 0 radical (unpaired) electrons. The minimum atomic E-state index is -0.448. The van der Waals surface area contributed by atoms with Crippen molar-refractivity contribution in [2.24, 2.45) is 0 Å². The Morgan fingerprint density at radius 2 is 2.08 bits per heavy atom. The van der Waals surface area contributed by atoms with Crippen LogP contribution in [-0.2, 0) is 0 Å². The van der Waals surface area contributed by atoms with Crippen LogP contribution in [-0.4, -0.2) is 28.8 Å². The second-order valence-corrected chi connectivity index (χ2v) is 6.61. The quantitative estimate of drug-likeness (QED) is 0.725. The highest BCUT2D eigenvalue weighted by molar-refractivity contribution is 6.00. The molecule has 3 aromatic rings. The molecule has 0 amide bonds. The average molecular weight is 337 g/mol. The van der Waals surface area contributed by atoms with Crippen LogP contribution in [0.1, 0.15) is 41.9 Å². The number of ketones is 1. The fourth-order valence-corrected chi connectivity index (χ4v) is 3.71. The molecule has 0 aliphatic carbocycles. The van der Waals surface area contributed by atoms with Crippen LogP contribution < -0.4 is 4.90 Å². The highest BCUT2D eigenvalue weighted by Crippen LogP contribution is 2.32. The molecular weight excluding hydrogens is 317 g/mol. The number of anilines is 1. The number of para-hydroxylation sites is 2. The van der Waals surface area contributed by atoms with E-state index in [1.165, 1.54) is 13.0 Å². The van der Waals surface area contributed by atoms with E-state index in [1.54, 1.807) is 6.07 Å². The van der Waals surface area contributed by atoms with Crippen LogP contribution >= 0.6 is 0 Å². The Bertz CT molecular complexity index is 901. The lowest BCUT2D eigenvalue weighted by Gasteiger charge is -2.34. The smallest absolute Gasteiger partial charge is 0.164 e. The zero-order chi connectivity index (χ0) is 17.4. The van der Waals surface area contributed by atoms with Crippen molar-refractivity contribution in [3.05, 3.63) is 59.7 Å². The van der Waals surface area contributed by atoms with Gasteiger partial charge in [0.2, 0.25) is 0 Å². The zero-order valence-corrected chi connectivity index (χ0v) is 14.1. The van der Waals surface area contributed by atoms with Crippen LogP contribution in [0.3, 0.4) is 0 Å². The molecule has 128 valence electrons. The number of fused-ring (bicyclic) bond motifs is 1. The van der Waals surface area contributed by atoms with E-state index in [9.17, 15) is 9.18 Å². The molecule has 1 aliphatic heterocycles. The molecule has 25 heavy (non-hydrogen) atoms. The third-order valence-corrected chi connectivity index (χ3v) is 4.90. The monoisotopic (exact) mass is 337 g/mol. The van der Waals surface area contributed by atoms with Gasteiger partial charge in [-0.1, -0.05) is 18.2 Å². The third-order valence-electron chi connectivity index (χ3n) is 4.90. The lowest BCUT2D eigenvalue weighted by Crippen LogP contribution is -2.35. The van der Waals surface area contributed by atoms with Crippen molar-refractivity contribution in [3.63, 3.8) is 0 Å². The minimum absolute atomic E-state index is 0.188. The molecule has 1 N–H and O–H groups in total. The Morgan fingerprint density at radius 3 is 2.88 bits per heavy atom. The Morgan fingerprint density at radius 1 is 1.24 bits per heavy atom. The molecule has 1 aliphatic rings. The van der Waals surface area contributed by atoms with Gasteiger partial charge in [0.05, 0.1) is 22.3 Å². The number of carbonyl (C=O) groups excluding carboxylic acids is 1. The fourth-order valence-electron chi connectivity index (χ4n) is 3.71. The standard InChI is InChI=1S/C20H20FN3O/c1-13(25)19-15(21)7-4-10-18(19)24-11-5-6-14(12-24)20-22-16-8-2-3-9-17(16)23-20/h2-4,7-10,14H,5-6,11-12H2,1H3,(H,22,23)/t14-/m1/s1. The van der Waals surface area contributed by atoms with Gasteiger partial charge in [0.15, 0.2) is 5.78 Å². The van der Waals surface area contributed by atoms with Crippen LogP contribution in [0.5, 0.6) is 0 Å². The number of hydrogen-bond acceptors (Lipinski definition) is 3. The number of benzene rings is 2. The van der Waals surface area contributed by atoms with Crippen LogP contribution in [0.25, 0.3) is 11.0 Å². The van der Waals surface area contributed by atoms with E-state index in [2.05, 4.69) is 9.88 Å². The maximum Gasteiger partial charge on any atom is 0.164 e. The first-order valence-electron chi connectivity index (χ1n) is 8.62. The summed E-state index contributed by atoms with van der Waals surface area (Å²) in [5, 5.41) is 0. The van der Waals surface area contributed by atoms with Gasteiger partial charge in [-0.25, -0.2) is 9.37 Å². The number of aromatic amines is 1. The number of carbonyl (C=O) groups is 1. The normalized spacial score (nSPS) is 17.8. The Labute approximate surface area is 145 Å². The number of nitrogens with zero attached hydrogens (tertiary/aromatic N) is 2. The van der Waals surface area contributed by atoms with Crippen molar-refractivity contribution < 1.29 is 9.18 Å². The van der Waals surface area contributed by atoms with E-state index in [0.717, 1.165) is 42.8 Å². The van der Waals surface area contributed by atoms with Gasteiger partial charge in [-0.15, -0.1) is 0 Å². The van der Waals surface area contributed by atoms with Crippen molar-refractivity contribution in [1.29, 1.82) is 0 Å². The number of hydrogen-bond donors (Lipinski definition) is 1. The average Bonchev–Trinajstić information content (AvgIpc) is 3.05.